The van der Waals surface area contributed by atoms with Gasteiger partial charge in [0.25, 0.3) is 0 Å². The molecule has 0 fully saturated rings. The molecule has 0 saturated heterocycles. The van der Waals surface area contributed by atoms with E-state index in [0.717, 1.165) is 0 Å². The maximum atomic E-state index is 11.4. The van der Waals surface area contributed by atoms with Crippen LogP contribution in [0.25, 0.3) is 0 Å². The minimum atomic E-state index is -0.576. The maximum Gasteiger partial charge on any atom is 0.398 e. The van der Waals surface area contributed by atoms with Crippen LogP contribution in [-0.4, -0.2) is 5.97 Å². The maximum absolute atomic E-state index is 11.4. The molecule has 0 rings (SSSR count). The number of allylic oxidation sites excluding steroid dienone is 1. The van der Waals surface area contributed by atoms with Crippen LogP contribution in [0.1, 0.15) is 33.1 Å². The molecule has 0 aromatic rings. The van der Waals surface area contributed by atoms with E-state index in [9.17, 15) is 9.36 Å². The van der Waals surface area contributed by atoms with Crippen molar-refractivity contribution >= 4 is 14.7 Å². The van der Waals surface area contributed by atoms with Gasteiger partial charge in [-0.1, -0.05) is 19.9 Å². The monoisotopic (exact) mass is 202 g/mol. The smallest absolute Gasteiger partial charge is 0.372 e. The lowest BCUT2D eigenvalue weighted by molar-refractivity contribution is -0.145. The van der Waals surface area contributed by atoms with Crippen LogP contribution < -0.4 is 0 Å². The van der Waals surface area contributed by atoms with Gasteiger partial charge in [0.1, 0.15) is 0 Å². The molecule has 0 amide bonds. The molecule has 0 N–H and O–H groups in total. The van der Waals surface area contributed by atoms with Crippen LogP contribution in [0, 0.1) is 5.41 Å². The van der Waals surface area contributed by atoms with E-state index in [-0.39, 0.29) is 0 Å². The topological polar surface area (TPSA) is 43.4 Å². The fourth-order valence-corrected chi connectivity index (χ4v) is 1.58. The van der Waals surface area contributed by atoms with Crippen molar-refractivity contribution in [2.24, 2.45) is 5.41 Å². The summed E-state index contributed by atoms with van der Waals surface area (Å²) in [4.78, 5) is 11.4. The van der Waals surface area contributed by atoms with Gasteiger partial charge in [-0.3, -0.25) is 4.79 Å². The Labute approximate surface area is 80.5 Å². The highest BCUT2D eigenvalue weighted by Gasteiger charge is 2.35. The van der Waals surface area contributed by atoms with Gasteiger partial charge in [0.15, 0.2) is 0 Å². The average Bonchev–Trinajstić information content (AvgIpc) is 2.14. The number of carbonyl (C=O) groups excluding carboxylic acids is 1. The third-order valence-electron chi connectivity index (χ3n) is 2.44. The molecule has 74 valence electrons. The second kappa shape index (κ2) is 5.87. The molecule has 0 radical (unpaired) electrons. The third-order valence-corrected chi connectivity index (χ3v) is 2.68. The van der Waals surface area contributed by atoms with Crippen LogP contribution in [0.15, 0.2) is 12.7 Å². The highest BCUT2D eigenvalue weighted by molar-refractivity contribution is 7.18. The van der Waals surface area contributed by atoms with Crippen molar-refractivity contribution in [2.75, 3.05) is 0 Å². The molecule has 0 unspecified atom stereocenters. The Bertz CT molecular complexity index is 197. The lowest BCUT2D eigenvalue weighted by Gasteiger charge is -2.25. The molecule has 0 aliphatic carbocycles. The van der Waals surface area contributed by atoms with Crippen LogP contribution >= 0.6 is 8.69 Å². The summed E-state index contributed by atoms with van der Waals surface area (Å²) in [6.45, 7) is 7.42. The van der Waals surface area contributed by atoms with Crippen LogP contribution in [-0.2, 0) is 13.9 Å². The molecule has 0 aliphatic heterocycles. The second-order valence-electron chi connectivity index (χ2n) is 2.93. The molecule has 0 bridgehead atoms. The standard InChI is InChI=1S/C9H15O3P/c1-4-7-9(5-2,6-3)8(10)12-13-11/h4H,1,5-7H2,2-3H3. The zero-order valence-corrected chi connectivity index (χ0v) is 8.97. The van der Waals surface area contributed by atoms with Crippen LogP contribution in [0.5, 0.6) is 0 Å². The molecule has 0 aromatic carbocycles. The molecular formula is C9H15O3P. The van der Waals surface area contributed by atoms with E-state index in [4.69, 9.17) is 0 Å². The lowest BCUT2D eigenvalue weighted by Crippen LogP contribution is -2.29. The quantitative estimate of drug-likeness (QED) is 0.491. The Balaban J connectivity index is 4.61. The molecule has 0 heterocycles. The first-order chi connectivity index (χ1) is 6.16. The van der Waals surface area contributed by atoms with E-state index in [2.05, 4.69) is 11.1 Å². The Morgan fingerprint density at radius 2 is 2.08 bits per heavy atom. The summed E-state index contributed by atoms with van der Waals surface area (Å²) in [6, 6.07) is 0. The molecule has 0 aromatic heterocycles. The van der Waals surface area contributed by atoms with Gasteiger partial charge >= 0.3 is 14.7 Å². The highest BCUT2D eigenvalue weighted by atomic mass is 31.1. The number of rotatable bonds is 6. The molecule has 4 heteroatoms. The van der Waals surface area contributed by atoms with E-state index in [0.29, 0.717) is 19.3 Å². The fraction of sp³-hybridized carbons (Fsp3) is 0.667. The normalized spacial score (nSPS) is 11.2. The summed E-state index contributed by atoms with van der Waals surface area (Å²) in [5.74, 6) is -0.408. The molecule has 3 nitrogen and oxygen atoms in total. The van der Waals surface area contributed by atoms with Gasteiger partial charge in [0.05, 0.1) is 5.41 Å². The predicted molar refractivity (Wildman–Crippen MR) is 51.5 cm³/mol. The van der Waals surface area contributed by atoms with E-state index < -0.39 is 20.1 Å². The molecule has 0 atom stereocenters. The first kappa shape index (κ1) is 12.3. The third kappa shape index (κ3) is 2.92. The number of carbonyl (C=O) groups is 1. The van der Waals surface area contributed by atoms with E-state index in [1.165, 1.54) is 0 Å². The van der Waals surface area contributed by atoms with Crippen molar-refractivity contribution in [2.45, 2.75) is 33.1 Å². The molecular weight excluding hydrogens is 187 g/mol. The zero-order valence-electron chi connectivity index (χ0n) is 8.08. The van der Waals surface area contributed by atoms with Crippen LogP contribution in [0.4, 0.5) is 0 Å². The first-order valence-corrected chi connectivity index (χ1v) is 5.05. The van der Waals surface area contributed by atoms with Crippen molar-refractivity contribution in [3.8, 4) is 0 Å². The van der Waals surface area contributed by atoms with Crippen molar-refractivity contribution in [1.82, 2.24) is 0 Å². The van der Waals surface area contributed by atoms with Crippen molar-refractivity contribution in [3.05, 3.63) is 12.7 Å². The van der Waals surface area contributed by atoms with Gasteiger partial charge in [-0.15, -0.1) is 6.58 Å². The van der Waals surface area contributed by atoms with Gasteiger partial charge in [-0.25, -0.2) is 4.57 Å². The van der Waals surface area contributed by atoms with Gasteiger partial charge in [0.2, 0.25) is 0 Å². The summed E-state index contributed by atoms with van der Waals surface area (Å²) >= 11 is 0. The minimum absolute atomic E-state index is 0.408. The van der Waals surface area contributed by atoms with Crippen molar-refractivity contribution in [1.29, 1.82) is 0 Å². The van der Waals surface area contributed by atoms with E-state index in [1.807, 2.05) is 13.8 Å². The minimum Gasteiger partial charge on any atom is -0.372 e. The van der Waals surface area contributed by atoms with Crippen LogP contribution in [0.2, 0.25) is 0 Å². The Morgan fingerprint density at radius 3 is 2.38 bits per heavy atom. The number of hydrogen-bond acceptors (Lipinski definition) is 3. The Hall–Kier alpha value is -0.690. The Kier molecular flexibility index (Phi) is 5.56. The van der Waals surface area contributed by atoms with E-state index in [1.54, 1.807) is 6.08 Å². The lowest BCUT2D eigenvalue weighted by atomic mass is 9.79. The SMILES string of the molecule is C=CCC(CC)(CC)C(=O)OP=O. The summed E-state index contributed by atoms with van der Waals surface area (Å²) < 4.78 is 14.6. The fourth-order valence-electron chi connectivity index (χ4n) is 1.32. The van der Waals surface area contributed by atoms with Crippen molar-refractivity contribution in [3.63, 3.8) is 0 Å². The summed E-state index contributed by atoms with van der Waals surface area (Å²) in [5.41, 5.74) is -0.542. The molecule has 0 spiro atoms. The molecule has 13 heavy (non-hydrogen) atoms. The first-order valence-electron chi connectivity index (χ1n) is 4.31. The molecule has 0 saturated carbocycles. The summed E-state index contributed by atoms with van der Waals surface area (Å²) in [5, 5.41) is 0. The van der Waals surface area contributed by atoms with Crippen molar-refractivity contribution < 1.29 is 13.9 Å². The van der Waals surface area contributed by atoms with Crippen LogP contribution in [0.3, 0.4) is 0 Å². The highest BCUT2D eigenvalue weighted by Crippen LogP contribution is 2.33. The largest absolute Gasteiger partial charge is 0.398 e. The summed E-state index contributed by atoms with van der Waals surface area (Å²) in [7, 11) is -0.576. The van der Waals surface area contributed by atoms with E-state index >= 15 is 0 Å². The average molecular weight is 202 g/mol. The molecule has 0 aliphatic rings. The van der Waals surface area contributed by atoms with Gasteiger partial charge in [0, 0.05) is 0 Å². The van der Waals surface area contributed by atoms with Gasteiger partial charge in [-0.2, -0.15) is 0 Å². The van der Waals surface area contributed by atoms with Gasteiger partial charge in [-0.05, 0) is 19.3 Å². The second-order valence-corrected chi connectivity index (χ2v) is 3.27. The zero-order chi connectivity index (χ0) is 10.3. The summed E-state index contributed by atoms with van der Waals surface area (Å²) in [6.07, 6.45) is 3.60. The van der Waals surface area contributed by atoms with Gasteiger partial charge < -0.3 is 4.52 Å². The number of hydrogen-bond donors (Lipinski definition) is 0. The Morgan fingerprint density at radius 1 is 1.54 bits per heavy atom. The predicted octanol–water partition coefficient (Wildman–Crippen LogP) is 3.12.